The van der Waals surface area contributed by atoms with E-state index in [9.17, 15) is 9.59 Å². The number of aryl methyl sites for hydroxylation is 1. The van der Waals surface area contributed by atoms with Gasteiger partial charge in [-0.1, -0.05) is 24.9 Å². The number of carbonyl (C=O) groups excluding carboxylic acids is 2. The van der Waals surface area contributed by atoms with E-state index in [1.807, 2.05) is 6.92 Å². The van der Waals surface area contributed by atoms with Crippen LogP contribution >= 0.6 is 11.6 Å². The number of nitrogens with one attached hydrogen (secondary N) is 1. The standard InChI is InChI=1S/C12H16ClN3O3/c1-2-3-9-6-8(7-10(13)16-9)11(17)15-4-5-19-12(14)18/h6-7H,2-5H2,1H3,(H2,14,18)(H,15,17). The summed E-state index contributed by atoms with van der Waals surface area (Å²) in [6, 6.07) is 3.19. The smallest absolute Gasteiger partial charge is 0.404 e. The quantitative estimate of drug-likeness (QED) is 0.612. The third-order valence-corrected chi connectivity index (χ3v) is 2.44. The molecule has 3 N–H and O–H groups in total. The van der Waals surface area contributed by atoms with E-state index in [0.717, 1.165) is 18.5 Å². The lowest BCUT2D eigenvalue weighted by Gasteiger charge is -2.07. The van der Waals surface area contributed by atoms with Gasteiger partial charge in [0.05, 0.1) is 6.54 Å². The summed E-state index contributed by atoms with van der Waals surface area (Å²) >= 11 is 5.86. The van der Waals surface area contributed by atoms with Gasteiger partial charge in [-0.2, -0.15) is 0 Å². The van der Waals surface area contributed by atoms with Crippen LogP contribution in [0, 0.1) is 0 Å². The Balaban J connectivity index is 2.58. The van der Waals surface area contributed by atoms with Crippen LogP contribution in [0.1, 0.15) is 29.4 Å². The normalized spacial score (nSPS) is 10.0. The van der Waals surface area contributed by atoms with E-state index in [4.69, 9.17) is 17.3 Å². The second-order valence-corrected chi connectivity index (χ2v) is 4.23. The van der Waals surface area contributed by atoms with Crippen molar-refractivity contribution in [1.29, 1.82) is 0 Å². The molecule has 1 aromatic heterocycles. The van der Waals surface area contributed by atoms with Gasteiger partial charge >= 0.3 is 6.09 Å². The number of aromatic nitrogens is 1. The van der Waals surface area contributed by atoms with Crippen molar-refractivity contribution < 1.29 is 14.3 Å². The zero-order valence-corrected chi connectivity index (χ0v) is 11.4. The third kappa shape index (κ3) is 5.56. The van der Waals surface area contributed by atoms with Crippen molar-refractivity contribution >= 4 is 23.6 Å². The Bertz CT molecular complexity index is 466. The molecule has 7 heteroatoms. The second kappa shape index (κ2) is 7.58. The molecule has 0 saturated carbocycles. The van der Waals surface area contributed by atoms with Gasteiger partial charge in [-0.05, 0) is 18.6 Å². The molecule has 0 aliphatic carbocycles. The number of nitrogens with zero attached hydrogens (tertiary/aromatic N) is 1. The Labute approximate surface area is 116 Å². The molecule has 6 nitrogen and oxygen atoms in total. The number of pyridine rings is 1. The van der Waals surface area contributed by atoms with Gasteiger partial charge in [0.15, 0.2) is 0 Å². The first kappa shape index (κ1) is 15.2. The topological polar surface area (TPSA) is 94.3 Å². The van der Waals surface area contributed by atoms with Crippen LogP contribution in [0.2, 0.25) is 5.15 Å². The maximum Gasteiger partial charge on any atom is 0.404 e. The Morgan fingerprint density at radius 2 is 2.21 bits per heavy atom. The first-order valence-electron chi connectivity index (χ1n) is 5.89. The van der Waals surface area contributed by atoms with E-state index in [1.165, 1.54) is 6.07 Å². The minimum absolute atomic E-state index is 0.0295. The Kier molecular flexibility index (Phi) is 6.08. The minimum atomic E-state index is -0.869. The molecule has 0 bridgehead atoms. The summed E-state index contributed by atoms with van der Waals surface area (Å²) in [5, 5.41) is 2.87. The summed E-state index contributed by atoms with van der Waals surface area (Å²) in [5.41, 5.74) is 6.00. The van der Waals surface area contributed by atoms with Crippen molar-refractivity contribution in [3.8, 4) is 0 Å². The highest BCUT2D eigenvalue weighted by molar-refractivity contribution is 6.29. The molecule has 0 radical (unpaired) electrons. The van der Waals surface area contributed by atoms with E-state index >= 15 is 0 Å². The van der Waals surface area contributed by atoms with E-state index in [-0.39, 0.29) is 24.2 Å². The molecule has 1 rings (SSSR count). The molecule has 0 saturated heterocycles. The fourth-order valence-corrected chi connectivity index (χ4v) is 1.71. The van der Waals surface area contributed by atoms with Crippen LogP contribution in [-0.4, -0.2) is 30.1 Å². The summed E-state index contributed by atoms with van der Waals surface area (Å²) in [6.45, 7) is 2.23. The summed E-state index contributed by atoms with van der Waals surface area (Å²) in [6.07, 6.45) is 0.804. The predicted octanol–water partition coefficient (Wildman–Crippen LogP) is 1.51. The molecule has 1 heterocycles. The Hall–Kier alpha value is -1.82. The van der Waals surface area contributed by atoms with E-state index in [1.54, 1.807) is 6.07 Å². The summed E-state index contributed by atoms with van der Waals surface area (Å²) < 4.78 is 4.50. The molecule has 0 unspecified atom stereocenters. The number of hydrogen-bond donors (Lipinski definition) is 2. The lowest BCUT2D eigenvalue weighted by Crippen LogP contribution is -2.29. The van der Waals surface area contributed by atoms with Gasteiger partial charge in [-0.15, -0.1) is 0 Å². The number of hydrogen-bond acceptors (Lipinski definition) is 4. The predicted molar refractivity (Wildman–Crippen MR) is 71.1 cm³/mol. The van der Waals surface area contributed by atoms with Gasteiger partial charge in [0.25, 0.3) is 5.91 Å². The van der Waals surface area contributed by atoms with Crippen molar-refractivity contribution in [3.63, 3.8) is 0 Å². The maximum atomic E-state index is 11.8. The molecule has 0 atom stereocenters. The van der Waals surface area contributed by atoms with Gasteiger partial charge in [-0.25, -0.2) is 9.78 Å². The first-order valence-corrected chi connectivity index (χ1v) is 6.27. The Morgan fingerprint density at radius 3 is 2.84 bits per heavy atom. The third-order valence-electron chi connectivity index (χ3n) is 2.25. The SMILES string of the molecule is CCCc1cc(C(=O)NCCOC(N)=O)cc(Cl)n1. The zero-order valence-electron chi connectivity index (χ0n) is 10.6. The highest BCUT2D eigenvalue weighted by atomic mass is 35.5. The summed E-state index contributed by atoms with van der Waals surface area (Å²) in [4.78, 5) is 26.3. The molecule has 104 valence electrons. The zero-order chi connectivity index (χ0) is 14.3. The molecular weight excluding hydrogens is 270 g/mol. The lowest BCUT2D eigenvalue weighted by atomic mass is 10.1. The van der Waals surface area contributed by atoms with Crippen molar-refractivity contribution in [2.45, 2.75) is 19.8 Å². The number of halogens is 1. The molecule has 0 aromatic carbocycles. The van der Waals surface area contributed by atoms with Crippen LogP contribution in [0.4, 0.5) is 4.79 Å². The van der Waals surface area contributed by atoms with Gasteiger partial charge in [0.2, 0.25) is 0 Å². The largest absolute Gasteiger partial charge is 0.448 e. The van der Waals surface area contributed by atoms with Crippen LogP contribution in [0.5, 0.6) is 0 Å². The number of ether oxygens (including phenoxy) is 1. The van der Waals surface area contributed by atoms with Crippen molar-refractivity contribution in [1.82, 2.24) is 10.3 Å². The number of nitrogens with two attached hydrogens (primary N) is 1. The van der Waals surface area contributed by atoms with E-state index < -0.39 is 6.09 Å². The average molecular weight is 286 g/mol. The van der Waals surface area contributed by atoms with Crippen LogP contribution in [-0.2, 0) is 11.2 Å². The van der Waals surface area contributed by atoms with Gasteiger partial charge in [0.1, 0.15) is 11.8 Å². The first-order chi connectivity index (χ1) is 9.02. The lowest BCUT2D eigenvalue weighted by molar-refractivity contribution is 0.0936. The highest BCUT2D eigenvalue weighted by Gasteiger charge is 2.09. The van der Waals surface area contributed by atoms with Crippen molar-refractivity contribution in [3.05, 3.63) is 28.5 Å². The van der Waals surface area contributed by atoms with Gasteiger partial charge < -0.3 is 15.8 Å². The van der Waals surface area contributed by atoms with Crippen molar-refractivity contribution in [2.24, 2.45) is 5.73 Å². The molecule has 0 fully saturated rings. The second-order valence-electron chi connectivity index (χ2n) is 3.84. The molecule has 0 spiro atoms. The number of rotatable bonds is 6. The molecule has 2 amide bonds. The minimum Gasteiger partial charge on any atom is -0.448 e. The molecule has 19 heavy (non-hydrogen) atoms. The molecule has 0 aliphatic heterocycles. The number of primary amides is 1. The molecule has 1 aromatic rings. The van der Waals surface area contributed by atoms with Crippen molar-refractivity contribution in [2.75, 3.05) is 13.2 Å². The van der Waals surface area contributed by atoms with E-state index in [0.29, 0.717) is 5.56 Å². The van der Waals surface area contributed by atoms with Crippen LogP contribution in [0.25, 0.3) is 0 Å². The van der Waals surface area contributed by atoms with Gasteiger partial charge in [0, 0.05) is 11.3 Å². The molecule has 0 aliphatic rings. The molecular formula is C12H16ClN3O3. The number of amides is 2. The fourth-order valence-electron chi connectivity index (χ4n) is 1.48. The fraction of sp³-hybridized carbons (Fsp3) is 0.417. The average Bonchev–Trinajstić information content (AvgIpc) is 2.34. The number of carbonyl (C=O) groups is 2. The van der Waals surface area contributed by atoms with E-state index in [2.05, 4.69) is 15.0 Å². The van der Waals surface area contributed by atoms with Crippen LogP contribution in [0.3, 0.4) is 0 Å². The summed E-state index contributed by atoms with van der Waals surface area (Å²) in [7, 11) is 0. The van der Waals surface area contributed by atoms with Gasteiger partial charge in [-0.3, -0.25) is 4.79 Å². The Morgan fingerprint density at radius 1 is 1.47 bits per heavy atom. The maximum absolute atomic E-state index is 11.8. The van der Waals surface area contributed by atoms with Crippen LogP contribution < -0.4 is 11.1 Å². The highest BCUT2D eigenvalue weighted by Crippen LogP contribution is 2.12. The van der Waals surface area contributed by atoms with Crippen LogP contribution in [0.15, 0.2) is 12.1 Å². The summed E-state index contributed by atoms with van der Waals surface area (Å²) in [5.74, 6) is -0.297. The monoisotopic (exact) mass is 285 g/mol.